The van der Waals surface area contributed by atoms with Crippen molar-refractivity contribution in [1.82, 2.24) is 10.0 Å². The predicted octanol–water partition coefficient (Wildman–Crippen LogP) is 0.625. The molecule has 0 aromatic carbocycles. The first kappa shape index (κ1) is 20.9. The van der Waals surface area contributed by atoms with Crippen LogP contribution in [0, 0.1) is 0 Å². The second-order valence-corrected chi connectivity index (χ2v) is 8.34. The Morgan fingerprint density at radius 3 is 2.25 bits per heavy atom. The molecule has 1 saturated carbocycles. The number of sulfonamides is 1. The van der Waals surface area contributed by atoms with Gasteiger partial charge in [-0.1, -0.05) is 25.7 Å². The molecule has 1 rings (SSSR count). The standard InChI is InChI=1S/C15H28N2O6S/c1-12(2)23-9-10-24(21,22)16-11-13(18)17-15(14(19)20)7-5-3-4-6-8-15/h12,16H,3-11H2,1-2H3,(H,17,18)(H,19,20). The Morgan fingerprint density at radius 2 is 1.75 bits per heavy atom. The molecule has 9 heteroatoms. The number of amides is 1. The fourth-order valence-corrected chi connectivity index (χ4v) is 3.49. The highest BCUT2D eigenvalue weighted by Gasteiger charge is 2.40. The second-order valence-electron chi connectivity index (χ2n) is 6.41. The Hall–Kier alpha value is -1.19. The van der Waals surface area contributed by atoms with Crippen molar-refractivity contribution in [2.75, 3.05) is 18.9 Å². The van der Waals surface area contributed by atoms with Gasteiger partial charge in [-0.15, -0.1) is 0 Å². The zero-order valence-electron chi connectivity index (χ0n) is 14.3. The lowest BCUT2D eigenvalue weighted by Crippen LogP contribution is -2.56. The average molecular weight is 364 g/mol. The zero-order chi connectivity index (χ0) is 18.2. The summed E-state index contributed by atoms with van der Waals surface area (Å²) < 4.78 is 30.9. The Balaban J connectivity index is 2.52. The molecule has 1 amide bonds. The first-order valence-corrected chi connectivity index (χ1v) is 9.95. The van der Waals surface area contributed by atoms with Crippen molar-refractivity contribution in [3.63, 3.8) is 0 Å². The van der Waals surface area contributed by atoms with E-state index >= 15 is 0 Å². The molecule has 1 aliphatic rings. The molecular weight excluding hydrogens is 336 g/mol. The number of carboxylic acids is 1. The summed E-state index contributed by atoms with van der Waals surface area (Å²) in [6.07, 6.45) is 3.98. The van der Waals surface area contributed by atoms with E-state index in [0.29, 0.717) is 12.8 Å². The molecule has 0 aromatic heterocycles. The average Bonchev–Trinajstić information content (AvgIpc) is 2.71. The SMILES string of the molecule is CC(C)OCCS(=O)(=O)NCC(=O)NC1(C(=O)O)CCCCCC1. The maximum atomic E-state index is 12.0. The molecule has 0 aliphatic heterocycles. The van der Waals surface area contributed by atoms with E-state index in [0.717, 1.165) is 25.7 Å². The van der Waals surface area contributed by atoms with Crippen LogP contribution in [-0.4, -0.2) is 55.9 Å². The summed E-state index contributed by atoms with van der Waals surface area (Å²) in [5, 5.41) is 12.0. The summed E-state index contributed by atoms with van der Waals surface area (Å²) in [5.74, 6) is -1.94. The lowest BCUT2D eigenvalue weighted by molar-refractivity contribution is -0.148. The fourth-order valence-electron chi connectivity index (χ4n) is 2.68. The molecule has 0 radical (unpaired) electrons. The minimum atomic E-state index is -3.64. The monoisotopic (exact) mass is 364 g/mol. The van der Waals surface area contributed by atoms with E-state index in [2.05, 4.69) is 10.0 Å². The van der Waals surface area contributed by atoms with Crippen LogP contribution in [-0.2, 0) is 24.3 Å². The van der Waals surface area contributed by atoms with Crippen LogP contribution in [0.5, 0.6) is 0 Å². The molecule has 0 aromatic rings. The highest BCUT2D eigenvalue weighted by Crippen LogP contribution is 2.27. The number of carboxylic acid groups (broad SMARTS) is 1. The molecule has 0 unspecified atom stereocenters. The molecule has 1 fully saturated rings. The number of hydrogen-bond donors (Lipinski definition) is 3. The van der Waals surface area contributed by atoms with E-state index < -0.39 is 34.0 Å². The lowest BCUT2D eigenvalue weighted by Gasteiger charge is -2.29. The van der Waals surface area contributed by atoms with Crippen molar-refractivity contribution in [3.8, 4) is 0 Å². The number of carbonyl (C=O) groups excluding carboxylic acids is 1. The number of rotatable bonds is 9. The van der Waals surface area contributed by atoms with E-state index in [4.69, 9.17) is 4.74 Å². The number of nitrogens with one attached hydrogen (secondary N) is 2. The van der Waals surface area contributed by atoms with Gasteiger partial charge in [-0.2, -0.15) is 0 Å². The summed E-state index contributed by atoms with van der Waals surface area (Å²) >= 11 is 0. The first-order valence-electron chi connectivity index (χ1n) is 8.30. The number of carbonyl (C=O) groups is 2. The largest absolute Gasteiger partial charge is 0.480 e. The van der Waals surface area contributed by atoms with Crippen molar-refractivity contribution >= 4 is 21.9 Å². The van der Waals surface area contributed by atoms with Crippen molar-refractivity contribution in [2.24, 2.45) is 0 Å². The Kier molecular flexibility index (Phi) is 8.11. The molecular formula is C15H28N2O6S. The van der Waals surface area contributed by atoms with Crippen LogP contribution in [0.15, 0.2) is 0 Å². The Bertz CT molecular complexity index is 524. The topological polar surface area (TPSA) is 122 Å². The van der Waals surface area contributed by atoms with E-state index in [1.54, 1.807) is 13.8 Å². The minimum Gasteiger partial charge on any atom is -0.480 e. The summed E-state index contributed by atoms with van der Waals surface area (Å²) in [7, 11) is -3.64. The molecule has 0 saturated heterocycles. The number of hydrogen-bond acceptors (Lipinski definition) is 5. The van der Waals surface area contributed by atoms with E-state index in [-0.39, 0.29) is 18.5 Å². The summed E-state index contributed by atoms with van der Waals surface area (Å²) in [4.78, 5) is 23.6. The van der Waals surface area contributed by atoms with Crippen molar-refractivity contribution in [2.45, 2.75) is 64.0 Å². The minimum absolute atomic E-state index is 0.0354. The summed E-state index contributed by atoms with van der Waals surface area (Å²) in [6, 6.07) is 0. The molecule has 0 heterocycles. The van der Waals surface area contributed by atoms with Crippen molar-refractivity contribution < 1.29 is 27.9 Å². The quantitative estimate of drug-likeness (QED) is 0.516. The van der Waals surface area contributed by atoms with Crippen LogP contribution in [0.4, 0.5) is 0 Å². The van der Waals surface area contributed by atoms with Crippen LogP contribution in [0.2, 0.25) is 0 Å². The number of aliphatic carboxylic acids is 1. The number of ether oxygens (including phenoxy) is 1. The van der Waals surface area contributed by atoms with Gasteiger partial charge in [0.15, 0.2) is 0 Å². The third kappa shape index (κ3) is 7.14. The molecule has 0 atom stereocenters. The van der Waals surface area contributed by atoms with Gasteiger partial charge in [-0.05, 0) is 26.7 Å². The second kappa shape index (κ2) is 9.33. The highest BCUT2D eigenvalue weighted by molar-refractivity contribution is 7.89. The van der Waals surface area contributed by atoms with Crippen LogP contribution in [0.3, 0.4) is 0 Å². The maximum Gasteiger partial charge on any atom is 0.329 e. The van der Waals surface area contributed by atoms with Gasteiger partial charge < -0.3 is 15.2 Å². The molecule has 3 N–H and O–H groups in total. The highest BCUT2D eigenvalue weighted by atomic mass is 32.2. The fraction of sp³-hybridized carbons (Fsp3) is 0.867. The third-order valence-corrected chi connectivity index (χ3v) is 5.29. The Morgan fingerprint density at radius 1 is 1.17 bits per heavy atom. The van der Waals surface area contributed by atoms with Crippen molar-refractivity contribution in [1.29, 1.82) is 0 Å². The van der Waals surface area contributed by atoms with Gasteiger partial charge in [0.2, 0.25) is 15.9 Å². The molecule has 0 bridgehead atoms. The van der Waals surface area contributed by atoms with Crippen molar-refractivity contribution in [3.05, 3.63) is 0 Å². The first-order chi connectivity index (χ1) is 11.2. The molecule has 24 heavy (non-hydrogen) atoms. The summed E-state index contributed by atoms with van der Waals surface area (Å²) in [5.41, 5.74) is -1.29. The van der Waals surface area contributed by atoms with Gasteiger partial charge in [-0.25, -0.2) is 17.9 Å². The summed E-state index contributed by atoms with van der Waals surface area (Å²) in [6.45, 7) is 3.16. The lowest BCUT2D eigenvalue weighted by atomic mass is 9.90. The van der Waals surface area contributed by atoms with E-state index in [9.17, 15) is 23.1 Å². The van der Waals surface area contributed by atoms with Crippen LogP contribution in [0.25, 0.3) is 0 Å². The maximum absolute atomic E-state index is 12.0. The van der Waals surface area contributed by atoms with Gasteiger partial charge in [0.1, 0.15) is 5.54 Å². The molecule has 8 nitrogen and oxygen atoms in total. The normalized spacial score (nSPS) is 18.1. The molecule has 1 aliphatic carbocycles. The van der Waals surface area contributed by atoms with E-state index in [1.807, 2.05) is 0 Å². The van der Waals surface area contributed by atoms with Gasteiger partial charge in [0.05, 0.1) is 25.0 Å². The van der Waals surface area contributed by atoms with Crippen LogP contribution >= 0.6 is 0 Å². The van der Waals surface area contributed by atoms with Gasteiger partial charge in [0, 0.05) is 0 Å². The van der Waals surface area contributed by atoms with Gasteiger partial charge in [-0.3, -0.25) is 4.79 Å². The van der Waals surface area contributed by atoms with Gasteiger partial charge in [0.25, 0.3) is 0 Å². The van der Waals surface area contributed by atoms with Crippen LogP contribution < -0.4 is 10.0 Å². The Labute approximate surface area is 143 Å². The molecule has 140 valence electrons. The van der Waals surface area contributed by atoms with Crippen LogP contribution in [0.1, 0.15) is 52.4 Å². The van der Waals surface area contributed by atoms with E-state index in [1.165, 1.54) is 0 Å². The smallest absolute Gasteiger partial charge is 0.329 e. The predicted molar refractivity (Wildman–Crippen MR) is 89.1 cm³/mol. The third-order valence-electron chi connectivity index (χ3n) is 4.00. The molecule has 0 spiro atoms. The van der Waals surface area contributed by atoms with Gasteiger partial charge >= 0.3 is 5.97 Å². The zero-order valence-corrected chi connectivity index (χ0v) is 15.2.